The van der Waals surface area contributed by atoms with Gasteiger partial charge < -0.3 is 15.0 Å². The molecule has 0 aliphatic carbocycles. The van der Waals surface area contributed by atoms with Gasteiger partial charge in [0.15, 0.2) is 0 Å². The van der Waals surface area contributed by atoms with Crippen molar-refractivity contribution in [3.05, 3.63) is 30.3 Å². The molecular formula is C12H18N2O. The fraction of sp³-hybridized carbons (Fsp3) is 0.417. The Morgan fingerprint density at radius 1 is 1.33 bits per heavy atom. The number of hydrogen-bond acceptors (Lipinski definition) is 3. The molecule has 1 aromatic carbocycles. The lowest BCUT2D eigenvalue weighted by molar-refractivity contribution is -0.111. The summed E-state index contributed by atoms with van der Waals surface area (Å²) in [6.45, 7) is 2.57. The van der Waals surface area contributed by atoms with Gasteiger partial charge in [0, 0.05) is 12.2 Å². The first kappa shape index (κ1) is 11.7. The van der Waals surface area contributed by atoms with E-state index in [-0.39, 0.29) is 0 Å². The topological polar surface area (TPSA) is 32.3 Å². The van der Waals surface area contributed by atoms with Gasteiger partial charge in [-0.3, -0.25) is 0 Å². The molecule has 82 valence electrons. The van der Waals surface area contributed by atoms with Gasteiger partial charge in [-0.25, -0.2) is 0 Å². The second-order valence-corrected chi connectivity index (χ2v) is 4.26. The fourth-order valence-electron chi connectivity index (χ4n) is 1.61. The van der Waals surface area contributed by atoms with Crippen LogP contribution >= 0.6 is 0 Å². The number of hydrogen-bond donors (Lipinski definition) is 1. The molecule has 0 bridgehead atoms. The number of nitrogens with one attached hydrogen (secondary N) is 1. The maximum absolute atomic E-state index is 11.1. The summed E-state index contributed by atoms with van der Waals surface area (Å²) in [6, 6.07) is 9.76. The Hall–Kier alpha value is -1.35. The first-order valence-electron chi connectivity index (χ1n) is 5.00. The van der Waals surface area contributed by atoms with Gasteiger partial charge in [0.25, 0.3) is 0 Å². The number of anilines is 1. The number of benzene rings is 1. The maximum Gasteiger partial charge on any atom is 0.146 e. The van der Waals surface area contributed by atoms with E-state index in [9.17, 15) is 4.79 Å². The summed E-state index contributed by atoms with van der Waals surface area (Å²) < 4.78 is 0. The number of nitrogens with zero attached hydrogens (tertiary/aromatic N) is 1. The highest BCUT2D eigenvalue weighted by atomic mass is 16.1. The van der Waals surface area contributed by atoms with Gasteiger partial charge >= 0.3 is 0 Å². The third kappa shape index (κ3) is 3.72. The highest BCUT2D eigenvalue weighted by molar-refractivity contribution is 5.70. The van der Waals surface area contributed by atoms with Crippen molar-refractivity contribution in [3.63, 3.8) is 0 Å². The minimum atomic E-state index is -0.537. The quantitative estimate of drug-likeness (QED) is 0.743. The molecule has 0 saturated heterocycles. The molecule has 0 aliphatic rings. The van der Waals surface area contributed by atoms with Crippen LogP contribution in [0.3, 0.4) is 0 Å². The van der Waals surface area contributed by atoms with Crippen LogP contribution in [0.15, 0.2) is 30.3 Å². The van der Waals surface area contributed by atoms with Crippen molar-refractivity contribution >= 4 is 12.0 Å². The molecule has 1 rings (SSSR count). The van der Waals surface area contributed by atoms with E-state index in [2.05, 4.69) is 5.32 Å². The molecule has 0 radical (unpaired) electrons. The molecular weight excluding hydrogens is 188 g/mol. The summed E-state index contributed by atoms with van der Waals surface area (Å²) in [5.74, 6) is 0. The Morgan fingerprint density at radius 2 is 1.93 bits per heavy atom. The number of carbonyl (C=O) groups is 1. The van der Waals surface area contributed by atoms with Crippen LogP contribution in [0.2, 0.25) is 0 Å². The number of para-hydroxylation sites is 1. The molecule has 0 aromatic heterocycles. The lowest BCUT2D eigenvalue weighted by Gasteiger charge is -2.29. The van der Waals surface area contributed by atoms with Crippen LogP contribution in [0, 0.1) is 0 Å². The first-order chi connectivity index (χ1) is 7.06. The zero-order chi connectivity index (χ0) is 11.3. The Bertz CT molecular complexity index is 311. The van der Waals surface area contributed by atoms with E-state index in [4.69, 9.17) is 0 Å². The summed E-state index contributed by atoms with van der Waals surface area (Å²) in [5, 5.41) is 3.23. The van der Waals surface area contributed by atoms with E-state index in [0.717, 1.165) is 12.0 Å². The molecule has 3 heteroatoms. The number of rotatable bonds is 5. The van der Waals surface area contributed by atoms with Crippen LogP contribution in [-0.2, 0) is 4.79 Å². The highest BCUT2D eigenvalue weighted by Gasteiger charge is 2.23. The third-order valence-electron chi connectivity index (χ3n) is 2.11. The molecule has 1 aromatic rings. The Balaban J connectivity index is 2.72. The van der Waals surface area contributed by atoms with Gasteiger partial charge in [0.1, 0.15) is 11.8 Å². The Kier molecular flexibility index (Phi) is 3.86. The van der Waals surface area contributed by atoms with Gasteiger partial charge in [0.2, 0.25) is 0 Å². The van der Waals surface area contributed by atoms with Crippen LogP contribution in [0.4, 0.5) is 5.69 Å². The zero-order valence-corrected chi connectivity index (χ0v) is 9.53. The molecule has 0 amide bonds. The van der Waals surface area contributed by atoms with Gasteiger partial charge in [-0.05, 0) is 33.2 Å². The lowest BCUT2D eigenvalue weighted by atomic mass is 10.0. The lowest BCUT2D eigenvalue weighted by Crippen LogP contribution is -2.45. The Morgan fingerprint density at radius 3 is 2.40 bits per heavy atom. The SMILES string of the molecule is CN(C)CC(C)(C=O)Nc1ccccc1. The molecule has 3 nitrogen and oxygen atoms in total. The normalized spacial score (nSPS) is 14.7. The minimum Gasteiger partial charge on any atom is -0.372 e. The van der Waals surface area contributed by atoms with Crippen LogP contribution in [0.1, 0.15) is 6.92 Å². The van der Waals surface area contributed by atoms with Crippen LogP contribution in [-0.4, -0.2) is 37.4 Å². The fourth-order valence-corrected chi connectivity index (χ4v) is 1.61. The van der Waals surface area contributed by atoms with E-state index < -0.39 is 5.54 Å². The predicted molar refractivity (Wildman–Crippen MR) is 63.1 cm³/mol. The zero-order valence-electron chi connectivity index (χ0n) is 9.53. The van der Waals surface area contributed by atoms with Crippen molar-refractivity contribution in [1.82, 2.24) is 4.90 Å². The van der Waals surface area contributed by atoms with E-state index >= 15 is 0 Å². The van der Waals surface area contributed by atoms with Crippen molar-refractivity contribution in [2.45, 2.75) is 12.5 Å². The number of likely N-dealkylation sites (N-methyl/N-ethyl adjacent to an activating group) is 1. The third-order valence-corrected chi connectivity index (χ3v) is 2.11. The molecule has 1 unspecified atom stereocenters. The predicted octanol–water partition coefficient (Wildman–Crippen LogP) is 1.62. The van der Waals surface area contributed by atoms with E-state index in [1.54, 1.807) is 0 Å². The molecule has 0 aliphatic heterocycles. The van der Waals surface area contributed by atoms with Crippen molar-refractivity contribution in [2.75, 3.05) is 26.0 Å². The molecule has 0 spiro atoms. The molecule has 1 atom stereocenters. The molecule has 0 fully saturated rings. The highest BCUT2D eigenvalue weighted by Crippen LogP contribution is 2.13. The average Bonchev–Trinajstić information content (AvgIpc) is 2.18. The van der Waals surface area contributed by atoms with Crippen molar-refractivity contribution in [3.8, 4) is 0 Å². The summed E-state index contributed by atoms with van der Waals surface area (Å²) in [6.07, 6.45) is 0.958. The number of aldehydes is 1. The maximum atomic E-state index is 11.1. The van der Waals surface area contributed by atoms with Crippen LogP contribution < -0.4 is 5.32 Å². The number of carbonyl (C=O) groups excluding carboxylic acids is 1. The smallest absolute Gasteiger partial charge is 0.146 e. The molecule has 15 heavy (non-hydrogen) atoms. The standard InChI is InChI=1S/C12H18N2O/c1-12(10-15,9-14(2)3)13-11-7-5-4-6-8-11/h4-8,10,13H,9H2,1-3H3. The minimum absolute atomic E-state index is 0.537. The van der Waals surface area contributed by atoms with E-state index in [1.807, 2.05) is 56.3 Å². The van der Waals surface area contributed by atoms with Crippen LogP contribution in [0.5, 0.6) is 0 Å². The second kappa shape index (κ2) is 4.94. The van der Waals surface area contributed by atoms with Crippen molar-refractivity contribution < 1.29 is 4.79 Å². The van der Waals surface area contributed by atoms with Gasteiger partial charge in [-0.2, -0.15) is 0 Å². The molecule has 0 heterocycles. The van der Waals surface area contributed by atoms with E-state index in [0.29, 0.717) is 6.54 Å². The summed E-state index contributed by atoms with van der Waals surface area (Å²) in [7, 11) is 3.91. The summed E-state index contributed by atoms with van der Waals surface area (Å²) >= 11 is 0. The largest absolute Gasteiger partial charge is 0.372 e. The van der Waals surface area contributed by atoms with Gasteiger partial charge in [-0.15, -0.1) is 0 Å². The van der Waals surface area contributed by atoms with Crippen molar-refractivity contribution in [2.24, 2.45) is 0 Å². The summed E-state index contributed by atoms with van der Waals surface area (Å²) in [4.78, 5) is 13.1. The Labute approximate surface area is 91.1 Å². The average molecular weight is 206 g/mol. The second-order valence-electron chi connectivity index (χ2n) is 4.26. The van der Waals surface area contributed by atoms with Crippen molar-refractivity contribution in [1.29, 1.82) is 0 Å². The first-order valence-corrected chi connectivity index (χ1v) is 5.00. The summed E-state index contributed by atoms with van der Waals surface area (Å²) in [5.41, 5.74) is 0.430. The molecule has 0 saturated carbocycles. The monoisotopic (exact) mass is 206 g/mol. The molecule has 1 N–H and O–H groups in total. The van der Waals surface area contributed by atoms with Gasteiger partial charge in [-0.1, -0.05) is 18.2 Å². The van der Waals surface area contributed by atoms with E-state index in [1.165, 1.54) is 0 Å². The van der Waals surface area contributed by atoms with Crippen LogP contribution in [0.25, 0.3) is 0 Å². The van der Waals surface area contributed by atoms with Gasteiger partial charge in [0.05, 0.1) is 0 Å².